The molecule has 2 aliphatic rings. The van der Waals surface area contributed by atoms with Crippen molar-refractivity contribution in [3.05, 3.63) is 40.5 Å². The Labute approximate surface area is 125 Å². The van der Waals surface area contributed by atoms with Crippen molar-refractivity contribution in [3.8, 4) is 0 Å². The van der Waals surface area contributed by atoms with Crippen molar-refractivity contribution in [1.29, 1.82) is 0 Å². The minimum Gasteiger partial charge on any atom is -0.274 e. The van der Waals surface area contributed by atoms with Crippen LogP contribution in [0.5, 0.6) is 0 Å². The minimum absolute atomic E-state index is 0.0192. The zero-order valence-corrected chi connectivity index (χ0v) is 13.1. The van der Waals surface area contributed by atoms with E-state index in [-0.39, 0.29) is 23.7 Å². The number of hydrogen-bond acceptors (Lipinski definition) is 2. The molecule has 2 amide bonds. The van der Waals surface area contributed by atoms with Crippen LogP contribution in [0, 0.1) is 25.7 Å². The Hall–Kier alpha value is -1.90. The number of carbonyl (C=O) groups is 2. The quantitative estimate of drug-likeness (QED) is 0.584. The molecule has 0 N–H and O–H groups in total. The lowest BCUT2D eigenvalue weighted by atomic mass is 9.78. The molecule has 1 fully saturated rings. The maximum absolute atomic E-state index is 12.8. The topological polar surface area (TPSA) is 37.4 Å². The van der Waals surface area contributed by atoms with Gasteiger partial charge in [0.2, 0.25) is 11.8 Å². The molecule has 21 heavy (non-hydrogen) atoms. The fraction of sp³-hybridized carbons (Fsp3) is 0.444. The van der Waals surface area contributed by atoms with Gasteiger partial charge >= 0.3 is 0 Å². The number of anilines is 1. The second-order valence-electron chi connectivity index (χ2n) is 6.43. The summed E-state index contributed by atoms with van der Waals surface area (Å²) in [6.07, 6.45) is 1.45. The van der Waals surface area contributed by atoms with Crippen LogP contribution in [0.15, 0.2) is 29.3 Å². The number of benzene rings is 1. The van der Waals surface area contributed by atoms with Crippen LogP contribution in [0.25, 0.3) is 0 Å². The van der Waals surface area contributed by atoms with Crippen molar-refractivity contribution in [2.24, 2.45) is 11.8 Å². The van der Waals surface area contributed by atoms with E-state index in [1.165, 1.54) is 16.0 Å². The van der Waals surface area contributed by atoms with Crippen molar-refractivity contribution in [2.45, 2.75) is 40.5 Å². The van der Waals surface area contributed by atoms with Crippen molar-refractivity contribution in [2.75, 3.05) is 4.90 Å². The number of fused-ring (bicyclic) bond motifs is 1. The van der Waals surface area contributed by atoms with E-state index in [4.69, 9.17) is 0 Å². The van der Waals surface area contributed by atoms with Crippen molar-refractivity contribution in [3.63, 3.8) is 0 Å². The van der Waals surface area contributed by atoms with Crippen molar-refractivity contribution in [1.82, 2.24) is 0 Å². The number of allylic oxidation sites excluding steroid dienone is 2. The second-order valence-corrected chi connectivity index (χ2v) is 6.43. The Morgan fingerprint density at radius 1 is 0.857 bits per heavy atom. The summed E-state index contributed by atoms with van der Waals surface area (Å²) in [7, 11) is 0. The predicted molar refractivity (Wildman–Crippen MR) is 83.0 cm³/mol. The van der Waals surface area contributed by atoms with Crippen LogP contribution < -0.4 is 4.90 Å². The summed E-state index contributed by atoms with van der Waals surface area (Å²) in [4.78, 5) is 27.0. The molecule has 1 heterocycles. The van der Waals surface area contributed by atoms with E-state index in [0.717, 1.165) is 29.7 Å². The van der Waals surface area contributed by atoms with E-state index in [0.29, 0.717) is 0 Å². The number of carbonyl (C=O) groups excluding carboxylic acids is 2. The maximum Gasteiger partial charge on any atom is 0.238 e. The van der Waals surface area contributed by atoms with Crippen LogP contribution in [0.3, 0.4) is 0 Å². The molecule has 3 nitrogen and oxygen atoms in total. The summed E-state index contributed by atoms with van der Waals surface area (Å²) in [6.45, 7) is 8.06. The molecule has 0 aromatic heterocycles. The van der Waals surface area contributed by atoms with E-state index < -0.39 is 0 Å². The van der Waals surface area contributed by atoms with Gasteiger partial charge in [-0.15, -0.1) is 0 Å². The Morgan fingerprint density at radius 2 is 1.29 bits per heavy atom. The first kappa shape index (κ1) is 14.1. The van der Waals surface area contributed by atoms with Crippen LogP contribution in [0.4, 0.5) is 5.69 Å². The van der Waals surface area contributed by atoms with E-state index in [1.807, 2.05) is 32.0 Å². The summed E-state index contributed by atoms with van der Waals surface area (Å²) in [5.74, 6) is -0.371. The number of hydrogen-bond donors (Lipinski definition) is 0. The van der Waals surface area contributed by atoms with E-state index in [1.54, 1.807) is 0 Å². The number of amides is 2. The average molecular weight is 283 g/mol. The first-order chi connectivity index (χ1) is 9.91. The van der Waals surface area contributed by atoms with Gasteiger partial charge in [-0.05, 0) is 51.7 Å². The third-order valence-electron chi connectivity index (χ3n) is 5.00. The highest BCUT2D eigenvalue weighted by Crippen LogP contribution is 2.43. The van der Waals surface area contributed by atoms with Gasteiger partial charge in [0.25, 0.3) is 0 Å². The molecule has 1 aromatic carbocycles. The molecule has 3 heteroatoms. The molecule has 1 aliphatic carbocycles. The van der Waals surface area contributed by atoms with Gasteiger partial charge < -0.3 is 0 Å². The highest BCUT2D eigenvalue weighted by Gasteiger charge is 2.50. The first-order valence-electron chi connectivity index (χ1n) is 7.51. The monoisotopic (exact) mass is 283 g/mol. The normalized spacial score (nSPS) is 25.6. The first-order valence-corrected chi connectivity index (χ1v) is 7.51. The molecular formula is C18H21NO2. The zero-order chi connectivity index (χ0) is 15.3. The number of nitrogens with zero attached hydrogens (tertiary/aromatic N) is 1. The summed E-state index contributed by atoms with van der Waals surface area (Å²) in [5, 5.41) is 0. The zero-order valence-electron chi connectivity index (χ0n) is 13.1. The molecule has 0 bridgehead atoms. The minimum atomic E-state index is -0.166. The summed E-state index contributed by atoms with van der Waals surface area (Å²) in [5.41, 5.74) is 5.28. The molecule has 1 aromatic rings. The van der Waals surface area contributed by atoms with Gasteiger partial charge in [-0.3, -0.25) is 9.59 Å². The summed E-state index contributed by atoms with van der Waals surface area (Å²) < 4.78 is 0. The number of imide groups is 1. The molecule has 110 valence electrons. The standard InChI is InChI=1S/C18H21NO2/c1-10-6-5-7-11(2)16(10)19-17(20)14-8-12(3)13(4)9-15(14)18(19)21/h5-7,14-15H,8-9H2,1-4H3/t14-,15-/m0/s1. The molecule has 1 aliphatic heterocycles. The van der Waals surface area contributed by atoms with Gasteiger partial charge in [0.1, 0.15) is 0 Å². The highest BCUT2D eigenvalue weighted by atomic mass is 16.2. The van der Waals surface area contributed by atoms with Gasteiger partial charge in [-0.25, -0.2) is 4.90 Å². The fourth-order valence-corrected chi connectivity index (χ4v) is 3.63. The van der Waals surface area contributed by atoms with Crippen LogP contribution in [-0.2, 0) is 9.59 Å². The Morgan fingerprint density at radius 3 is 1.71 bits per heavy atom. The van der Waals surface area contributed by atoms with E-state index in [9.17, 15) is 9.59 Å². The molecule has 0 spiro atoms. The summed E-state index contributed by atoms with van der Waals surface area (Å²) in [6, 6.07) is 5.88. The third-order valence-corrected chi connectivity index (χ3v) is 5.00. The molecule has 0 unspecified atom stereocenters. The lowest BCUT2D eigenvalue weighted by Crippen LogP contribution is -2.32. The van der Waals surface area contributed by atoms with Gasteiger partial charge in [0, 0.05) is 0 Å². The van der Waals surface area contributed by atoms with Crippen LogP contribution in [0.1, 0.15) is 37.8 Å². The number of para-hydroxylation sites is 1. The molecule has 0 saturated carbocycles. The SMILES string of the molecule is CC1=C(C)C[C@@H]2C(=O)N(c3c(C)cccc3C)C(=O)[C@H]2C1. The van der Waals surface area contributed by atoms with Gasteiger partial charge in [0.15, 0.2) is 0 Å². The third kappa shape index (κ3) is 2.03. The van der Waals surface area contributed by atoms with Crippen LogP contribution >= 0.6 is 0 Å². The molecular weight excluding hydrogens is 262 g/mol. The van der Waals surface area contributed by atoms with Crippen LogP contribution in [-0.4, -0.2) is 11.8 Å². The van der Waals surface area contributed by atoms with Gasteiger partial charge in [0.05, 0.1) is 17.5 Å². The van der Waals surface area contributed by atoms with Gasteiger partial charge in [-0.1, -0.05) is 29.3 Å². The lowest BCUT2D eigenvalue weighted by Gasteiger charge is -2.23. The van der Waals surface area contributed by atoms with Crippen molar-refractivity contribution >= 4 is 17.5 Å². The molecule has 0 radical (unpaired) electrons. The smallest absolute Gasteiger partial charge is 0.238 e. The molecule has 3 rings (SSSR count). The molecule has 1 saturated heterocycles. The average Bonchev–Trinajstić information content (AvgIpc) is 2.65. The number of rotatable bonds is 1. The Kier molecular flexibility index (Phi) is 3.23. The second kappa shape index (κ2) is 4.83. The van der Waals surface area contributed by atoms with E-state index >= 15 is 0 Å². The largest absolute Gasteiger partial charge is 0.274 e. The van der Waals surface area contributed by atoms with Crippen molar-refractivity contribution < 1.29 is 9.59 Å². The molecule has 2 atom stereocenters. The van der Waals surface area contributed by atoms with E-state index in [2.05, 4.69) is 13.8 Å². The maximum atomic E-state index is 12.8. The predicted octanol–water partition coefficient (Wildman–Crippen LogP) is 3.54. The Bertz CT molecular complexity index is 620. The fourth-order valence-electron chi connectivity index (χ4n) is 3.63. The van der Waals surface area contributed by atoms with Crippen LogP contribution in [0.2, 0.25) is 0 Å². The highest BCUT2D eigenvalue weighted by molar-refractivity contribution is 6.23. The van der Waals surface area contributed by atoms with Gasteiger partial charge in [-0.2, -0.15) is 0 Å². The lowest BCUT2D eigenvalue weighted by molar-refractivity contribution is -0.122. The number of aryl methyl sites for hydroxylation is 2. The summed E-state index contributed by atoms with van der Waals surface area (Å²) >= 11 is 0. The Balaban J connectivity index is 2.05.